The van der Waals surface area contributed by atoms with Gasteiger partial charge in [-0.2, -0.15) is 0 Å². The van der Waals surface area contributed by atoms with Crippen molar-refractivity contribution in [2.75, 3.05) is 29.0 Å². The fraction of sp³-hybridized carbons (Fsp3) is 0.300. The summed E-state index contributed by atoms with van der Waals surface area (Å²) in [5, 5.41) is 18.9. The number of para-hydroxylation sites is 1. The smallest absolute Gasteiger partial charge is 0.251 e. The van der Waals surface area contributed by atoms with Gasteiger partial charge in [-0.3, -0.25) is 4.79 Å². The molecule has 1 amide bonds. The Morgan fingerprint density at radius 1 is 1.08 bits per heavy atom. The number of aliphatic hydroxyl groups is 1. The molecule has 0 aliphatic carbocycles. The van der Waals surface area contributed by atoms with Gasteiger partial charge in [0.2, 0.25) is 0 Å². The van der Waals surface area contributed by atoms with Crippen molar-refractivity contribution >= 4 is 40.1 Å². The second-order valence-electron chi connectivity index (χ2n) is 9.49. The van der Waals surface area contributed by atoms with Gasteiger partial charge in [0.05, 0.1) is 23.3 Å². The van der Waals surface area contributed by atoms with Crippen molar-refractivity contribution in [3.05, 3.63) is 95.7 Å². The van der Waals surface area contributed by atoms with Crippen LogP contribution in [0, 0.1) is 0 Å². The Morgan fingerprint density at radius 2 is 1.81 bits per heavy atom. The standard InChI is InChI=1S/C30H34N4O2S/c1-3-34-20-22-14-15-37-33(2)26-17-23(18-27(34)29(22)26)30(36)32-25(16-21-10-6-4-7-11-21)28(35)19-31-24-12-8-5-9-13-24/h4-13,17-18,20,25,28,31,35H,3,14-16,19H2,1-2H3,(H,32,36)/t25-,28+/m0/s1. The summed E-state index contributed by atoms with van der Waals surface area (Å²) in [5.41, 5.74) is 6.09. The summed E-state index contributed by atoms with van der Waals surface area (Å²) in [4.78, 5) is 13.7. The molecule has 0 spiro atoms. The number of aryl methyl sites for hydroxylation is 2. The maximum absolute atomic E-state index is 13.7. The van der Waals surface area contributed by atoms with Gasteiger partial charge in [0, 0.05) is 48.7 Å². The van der Waals surface area contributed by atoms with E-state index in [1.807, 2.05) is 72.8 Å². The number of aliphatic hydroxyl groups excluding tert-OH is 1. The van der Waals surface area contributed by atoms with Crippen LogP contribution in [0.2, 0.25) is 0 Å². The predicted octanol–water partition coefficient (Wildman–Crippen LogP) is 5.12. The summed E-state index contributed by atoms with van der Waals surface area (Å²) >= 11 is 1.78. The predicted molar refractivity (Wildman–Crippen MR) is 155 cm³/mol. The van der Waals surface area contributed by atoms with E-state index in [0.717, 1.165) is 41.2 Å². The molecule has 0 bridgehead atoms. The summed E-state index contributed by atoms with van der Waals surface area (Å²) in [5.74, 6) is 0.834. The Labute approximate surface area is 222 Å². The lowest BCUT2D eigenvalue weighted by molar-refractivity contribution is 0.0851. The molecule has 0 fully saturated rings. The van der Waals surface area contributed by atoms with Gasteiger partial charge < -0.3 is 24.6 Å². The zero-order chi connectivity index (χ0) is 25.8. The minimum absolute atomic E-state index is 0.175. The average molecular weight is 515 g/mol. The number of benzene rings is 3. The number of nitrogens with one attached hydrogen (secondary N) is 2. The highest BCUT2D eigenvalue weighted by molar-refractivity contribution is 8.00. The summed E-state index contributed by atoms with van der Waals surface area (Å²) in [7, 11) is 2.07. The number of nitrogens with zero attached hydrogens (tertiary/aromatic N) is 2. The normalized spacial score (nSPS) is 14.7. The summed E-state index contributed by atoms with van der Waals surface area (Å²) in [6.45, 7) is 3.30. The lowest BCUT2D eigenvalue weighted by Gasteiger charge is -2.26. The van der Waals surface area contributed by atoms with Crippen molar-refractivity contribution < 1.29 is 9.90 Å². The molecule has 5 rings (SSSR count). The van der Waals surface area contributed by atoms with Gasteiger partial charge in [0.15, 0.2) is 0 Å². The van der Waals surface area contributed by atoms with Gasteiger partial charge in [-0.1, -0.05) is 48.5 Å². The maximum Gasteiger partial charge on any atom is 0.251 e. The Morgan fingerprint density at radius 3 is 2.54 bits per heavy atom. The zero-order valence-electron chi connectivity index (χ0n) is 21.4. The number of hydrogen-bond acceptors (Lipinski definition) is 5. The molecule has 1 aromatic heterocycles. The Balaban J connectivity index is 1.42. The van der Waals surface area contributed by atoms with E-state index in [9.17, 15) is 9.90 Å². The minimum Gasteiger partial charge on any atom is -0.389 e. The number of rotatable bonds is 9. The Kier molecular flexibility index (Phi) is 7.72. The van der Waals surface area contributed by atoms with Crippen LogP contribution >= 0.6 is 11.9 Å². The fourth-order valence-electron chi connectivity index (χ4n) is 5.01. The molecule has 192 valence electrons. The molecule has 6 nitrogen and oxygen atoms in total. The molecule has 3 N–H and O–H groups in total. The van der Waals surface area contributed by atoms with Crippen LogP contribution in [0.25, 0.3) is 10.9 Å². The molecule has 4 aromatic rings. The first-order valence-corrected chi connectivity index (χ1v) is 13.8. The van der Waals surface area contributed by atoms with Gasteiger partial charge in [0.25, 0.3) is 5.91 Å². The van der Waals surface area contributed by atoms with E-state index in [1.165, 1.54) is 10.9 Å². The first-order chi connectivity index (χ1) is 18.0. The van der Waals surface area contributed by atoms with E-state index in [2.05, 4.69) is 39.7 Å². The van der Waals surface area contributed by atoms with Gasteiger partial charge in [-0.15, -0.1) is 0 Å². The van der Waals surface area contributed by atoms with Crippen molar-refractivity contribution in [1.29, 1.82) is 0 Å². The molecule has 7 heteroatoms. The van der Waals surface area contributed by atoms with Crippen LogP contribution in [-0.2, 0) is 19.4 Å². The van der Waals surface area contributed by atoms with Crippen molar-refractivity contribution in [3.8, 4) is 0 Å². The zero-order valence-corrected chi connectivity index (χ0v) is 22.2. The Bertz CT molecular complexity index is 1360. The van der Waals surface area contributed by atoms with Crippen molar-refractivity contribution in [3.63, 3.8) is 0 Å². The third-order valence-electron chi connectivity index (χ3n) is 7.01. The molecule has 0 radical (unpaired) electrons. The van der Waals surface area contributed by atoms with E-state index in [4.69, 9.17) is 0 Å². The van der Waals surface area contributed by atoms with E-state index in [-0.39, 0.29) is 5.91 Å². The van der Waals surface area contributed by atoms with Crippen LogP contribution in [0.4, 0.5) is 11.4 Å². The SMILES string of the molecule is CCn1cc2c3c(cc(C(=O)N[C@@H](Cc4ccccc4)[C@H](O)CNc4ccccc4)cc31)N(C)SCC2. The van der Waals surface area contributed by atoms with E-state index < -0.39 is 12.1 Å². The van der Waals surface area contributed by atoms with Gasteiger partial charge in [0.1, 0.15) is 0 Å². The maximum atomic E-state index is 13.7. The van der Waals surface area contributed by atoms with Gasteiger partial charge >= 0.3 is 0 Å². The first kappa shape index (κ1) is 25.2. The molecule has 0 saturated heterocycles. The third-order valence-corrected chi connectivity index (χ3v) is 7.98. The highest BCUT2D eigenvalue weighted by Gasteiger charge is 2.25. The van der Waals surface area contributed by atoms with Crippen molar-refractivity contribution in [2.45, 2.75) is 38.5 Å². The molecule has 3 aromatic carbocycles. The molecule has 37 heavy (non-hydrogen) atoms. The highest BCUT2D eigenvalue weighted by atomic mass is 32.2. The Hall–Kier alpha value is -3.42. The molecular formula is C30H34N4O2S. The van der Waals surface area contributed by atoms with Crippen LogP contribution in [0.1, 0.15) is 28.4 Å². The summed E-state index contributed by atoms with van der Waals surface area (Å²) < 4.78 is 4.41. The fourth-order valence-corrected chi connectivity index (χ4v) is 5.87. The largest absolute Gasteiger partial charge is 0.389 e. The third kappa shape index (κ3) is 5.63. The number of hydrogen-bond donors (Lipinski definition) is 3. The van der Waals surface area contributed by atoms with Crippen LogP contribution in [0.3, 0.4) is 0 Å². The second kappa shape index (κ2) is 11.3. The number of carbonyl (C=O) groups is 1. The van der Waals surface area contributed by atoms with E-state index in [0.29, 0.717) is 18.5 Å². The number of aromatic nitrogens is 1. The number of amides is 1. The first-order valence-electron chi connectivity index (χ1n) is 12.9. The van der Waals surface area contributed by atoms with E-state index >= 15 is 0 Å². The topological polar surface area (TPSA) is 69.5 Å². The van der Waals surface area contributed by atoms with Crippen LogP contribution < -0.4 is 14.9 Å². The molecule has 2 heterocycles. The highest BCUT2D eigenvalue weighted by Crippen LogP contribution is 2.38. The molecule has 0 unspecified atom stereocenters. The monoisotopic (exact) mass is 514 g/mol. The molecule has 0 saturated carbocycles. The van der Waals surface area contributed by atoms with Crippen LogP contribution in [-0.4, -0.2) is 47.1 Å². The average Bonchev–Trinajstić information content (AvgIpc) is 3.20. The molecule has 1 aliphatic heterocycles. The van der Waals surface area contributed by atoms with Crippen molar-refractivity contribution in [2.24, 2.45) is 0 Å². The van der Waals surface area contributed by atoms with Crippen LogP contribution in [0.5, 0.6) is 0 Å². The molecule has 2 atom stereocenters. The van der Waals surface area contributed by atoms with Gasteiger partial charge in [-0.05, 0) is 67.1 Å². The lowest BCUT2D eigenvalue weighted by Crippen LogP contribution is -2.47. The quantitative estimate of drug-likeness (QED) is 0.271. The van der Waals surface area contributed by atoms with Gasteiger partial charge in [-0.25, -0.2) is 0 Å². The second-order valence-corrected chi connectivity index (χ2v) is 10.7. The van der Waals surface area contributed by atoms with Crippen LogP contribution in [0.15, 0.2) is 79.0 Å². The molecule has 1 aliphatic rings. The summed E-state index contributed by atoms with van der Waals surface area (Å²) in [6.07, 6.45) is 2.99. The molecular weight excluding hydrogens is 480 g/mol. The number of anilines is 2. The number of carbonyl (C=O) groups excluding carboxylic acids is 1. The van der Waals surface area contributed by atoms with Crippen molar-refractivity contribution in [1.82, 2.24) is 9.88 Å². The lowest BCUT2D eigenvalue weighted by atomic mass is 10.00. The van der Waals surface area contributed by atoms with E-state index in [1.54, 1.807) is 11.9 Å². The summed E-state index contributed by atoms with van der Waals surface area (Å²) in [6, 6.07) is 23.3. The minimum atomic E-state index is -0.779.